The summed E-state index contributed by atoms with van der Waals surface area (Å²) in [5, 5.41) is 13.4. The number of dihydropyridines is 1. The van der Waals surface area contributed by atoms with Crippen LogP contribution in [-0.2, 0) is 0 Å². The topological polar surface area (TPSA) is 58.0 Å². The Morgan fingerprint density at radius 1 is 1.19 bits per heavy atom. The first-order valence-electron chi connectivity index (χ1n) is 6.25. The lowest BCUT2D eigenvalue weighted by Gasteiger charge is -2.18. The summed E-state index contributed by atoms with van der Waals surface area (Å²) in [5.41, 5.74) is 3.02. The van der Waals surface area contributed by atoms with Gasteiger partial charge in [-0.2, -0.15) is 0 Å². The standard InChI is InChI=1S/C15H11Cl2N3O/c16-12-8-19-15(17)20-13(12)10-4-1-3-9(7-10)11-5-2-6-18-14(11)21/h1-8,14,18,21H. The van der Waals surface area contributed by atoms with Crippen LogP contribution in [0.4, 0.5) is 0 Å². The quantitative estimate of drug-likeness (QED) is 0.834. The predicted octanol–water partition coefficient (Wildman–Crippen LogP) is 3.27. The van der Waals surface area contributed by atoms with Crippen molar-refractivity contribution < 1.29 is 5.11 Å². The summed E-state index contributed by atoms with van der Waals surface area (Å²) in [6.45, 7) is 0. The second-order valence-corrected chi connectivity index (χ2v) is 5.21. The molecule has 1 aliphatic rings. The molecule has 0 radical (unpaired) electrons. The summed E-state index contributed by atoms with van der Waals surface area (Å²) in [7, 11) is 0. The van der Waals surface area contributed by atoms with Crippen molar-refractivity contribution in [1.82, 2.24) is 15.3 Å². The Morgan fingerprint density at radius 2 is 2.00 bits per heavy atom. The van der Waals surface area contributed by atoms with Gasteiger partial charge in [-0.1, -0.05) is 35.9 Å². The molecule has 1 aromatic heterocycles. The van der Waals surface area contributed by atoms with Gasteiger partial charge in [0.05, 0.1) is 16.9 Å². The highest BCUT2D eigenvalue weighted by Crippen LogP contribution is 2.29. The molecule has 2 aromatic rings. The molecule has 0 fully saturated rings. The second kappa shape index (κ2) is 5.85. The number of rotatable bonds is 2. The van der Waals surface area contributed by atoms with Crippen LogP contribution in [0.1, 0.15) is 5.56 Å². The zero-order valence-corrected chi connectivity index (χ0v) is 12.3. The fraction of sp³-hybridized carbons (Fsp3) is 0.0667. The molecule has 1 atom stereocenters. The van der Waals surface area contributed by atoms with Gasteiger partial charge in [0.15, 0.2) is 6.23 Å². The number of hydrogen-bond donors (Lipinski definition) is 2. The summed E-state index contributed by atoms with van der Waals surface area (Å²) in [6.07, 6.45) is 6.12. The second-order valence-electron chi connectivity index (χ2n) is 4.47. The minimum absolute atomic E-state index is 0.140. The molecule has 0 saturated carbocycles. The van der Waals surface area contributed by atoms with E-state index in [1.54, 1.807) is 6.20 Å². The van der Waals surface area contributed by atoms with Crippen LogP contribution in [0, 0.1) is 0 Å². The average Bonchev–Trinajstić information content (AvgIpc) is 2.50. The molecule has 0 saturated heterocycles. The lowest BCUT2D eigenvalue weighted by molar-refractivity contribution is 0.210. The highest BCUT2D eigenvalue weighted by atomic mass is 35.5. The zero-order valence-electron chi connectivity index (χ0n) is 10.8. The SMILES string of the molecule is OC1NC=CC=C1c1cccc(-c2nc(Cl)ncc2Cl)c1. The molecule has 21 heavy (non-hydrogen) atoms. The third-order valence-electron chi connectivity index (χ3n) is 3.10. The van der Waals surface area contributed by atoms with E-state index in [0.717, 1.165) is 16.7 Å². The van der Waals surface area contributed by atoms with Crippen molar-refractivity contribution in [3.05, 3.63) is 64.7 Å². The molecule has 3 rings (SSSR count). The third kappa shape index (κ3) is 2.93. The van der Waals surface area contributed by atoms with E-state index < -0.39 is 6.23 Å². The molecule has 2 heterocycles. The molecule has 0 spiro atoms. The maximum atomic E-state index is 9.98. The van der Waals surface area contributed by atoms with Crippen LogP contribution in [0.25, 0.3) is 16.8 Å². The van der Waals surface area contributed by atoms with Crippen molar-refractivity contribution in [2.24, 2.45) is 0 Å². The maximum absolute atomic E-state index is 9.98. The Labute approximate surface area is 131 Å². The summed E-state index contributed by atoms with van der Waals surface area (Å²) in [6, 6.07) is 7.58. The Hall–Kier alpha value is -1.88. The van der Waals surface area contributed by atoms with E-state index in [0.29, 0.717) is 10.7 Å². The van der Waals surface area contributed by atoms with E-state index in [9.17, 15) is 5.11 Å². The molecule has 2 N–H and O–H groups in total. The summed E-state index contributed by atoms with van der Waals surface area (Å²) in [5.74, 6) is 0. The average molecular weight is 320 g/mol. The monoisotopic (exact) mass is 319 g/mol. The van der Waals surface area contributed by atoms with Crippen molar-refractivity contribution in [1.29, 1.82) is 0 Å². The van der Waals surface area contributed by atoms with Gasteiger partial charge >= 0.3 is 0 Å². The van der Waals surface area contributed by atoms with Crippen LogP contribution < -0.4 is 5.32 Å². The van der Waals surface area contributed by atoms with Crippen molar-refractivity contribution in [3.8, 4) is 11.3 Å². The minimum Gasteiger partial charge on any atom is -0.369 e. The highest BCUT2D eigenvalue weighted by Gasteiger charge is 2.15. The predicted molar refractivity (Wildman–Crippen MR) is 83.7 cm³/mol. The summed E-state index contributed by atoms with van der Waals surface area (Å²) in [4.78, 5) is 8.00. The minimum atomic E-state index is -0.741. The lowest BCUT2D eigenvalue weighted by Crippen LogP contribution is -2.26. The van der Waals surface area contributed by atoms with Crippen LogP contribution in [0.3, 0.4) is 0 Å². The van der Waals surface area contributed by atoms with Gasteiger partial charge in [-0.25, -0.2) is 9.97 Å². The van der Waals surface area contributed by atoms with Gasteiger partial charge in [-0.15, -0.1) is 0 Å². The summed E-state index contributed by atoms with van der Waals surface area (Å²) < 4.78 is 0. The van der Waals surface area contributed by atoms with Crippen LogP contribution in [0.5, 0.6) is 0 Å². The Kier molecular flexibility index (Phi) is 3.92. The molecule has 6 heteroatoms. The molecule has 0 bridgehead atoms. The van der Waals surface area contributed by atoms with Gasteiger partial charge < -0.3 is 10.4 Å². The van der Waals surface area contributed by atoms with Crippen LogP contribution in [0.15, 0.2) is 48.8 Å². The first kappa shape index (κ1) is 14.1. The number of aliphatic hydroxyl groups excluding tert-OH is 1. The van der Waals surface area contributed by atoms with Crippen LogP contribution in [-0.4, -0.2) is 21.3 Å². The largest absolute Gasteiger partial charge is 0.369 e. The van der Waals surface area contributed by atoms with E-state index >= 15 is 0 Å². The molecular weight excluding hydrogens is 309 g/mol. The molecule has 1 aromatic carbocycles. The van der Waals surface area contributed by atoms with E-state index in [4.69, 9.17) is 23.2 Å². The molecule has 1 unspecified atom stereocenters. The molecule has 106 valence electrons. The van der Waals surface area contributed by atoms with Gasteiger partial charge in [0, 0.05) is 11.1 Å². The molecular formula is C15H11Cl2N3O. The summed E-state index contributed by atoms with van der Waals surface area (Å²) >= 11 is 12.0. The number of allylic oxidation sites excluding steroid dienone is 2. The first-order chi connectivity index (χ1) is 10.1. The number of nitrogens with one attached hydrogen (secondary N) is 1. The smallest absolute Gasteiger partial charge is 0.222 e. The van der Waals surface area contributed by atoms with E-state index in [1.807, 2.05) is 36.4 Å². The fourth-order valence-corrected chi connectivity index (χ4v) is 2.46. The molecule has 0 aliphatic carbocycles. The first-order valence-corrected chi connectivity index (χ1v) is 7.00. The van der Waals surface area contributed by atoms with E-state index in [-0.39, 0.29) is 5.28 Å². The van der Waals surface area contributed by atoms with Gasteiger partial charge in [0.25, 0.3) is 0 Å². The van der Waals surface area contributed by atoms with Crippen molar-refractivity contribution in [2.75, 3.05) is 0 Å². The maximum Gasteiger partial charge on any atom is 0.222 e. The number of halogens is 2. The van der Waals surface area contributed by atoms with Gasteiger partial charge in [0.2, 0.25) is 5.28 Å². The van der Waals surface area contributed by atoms with Crippen molar-refractivity contribution >= 4 is 28.8 Å². The zero-order chi connectivity index (χ0) is 14.8. The number of aromatic nitrogens is 2. The van der Waals surface area contributed by atoms with Crippen LogP contribution >= 0.6 is 23.2 Å². The Bertz CT molecular complexity index is 743. The van der Waals surface area contributed by atoms with E-state index in [2.05, 4.69) is 15.3 Å². The molecule has 0 amide bonds. The Morgan fingerprint density at radius 3 is 2.81 bits per heavy atom. The highest BCUT2D eigenvalue weighted by molar-refractivity contribution is 6.33. The fourth-order valence-electron chi connectivity index (χ4n) is 2.13. The normalized spacial score (nSPS) is 17.3. The van der Waals surface area contributed by atoms with Gasteiger partial charge in [-0.05, 0) is 35.5 Å². The number of aliphatic hydroxyl groups is 1. The van der Waals surface area contributed by atoms with Crippen LogP contribution in [0.2, 0.25) is 10.3 Å². The van der Waals surface area contributed by atoms with E-state index in [1.165, 1.54) is 6.20 Å². The van der Waals surface area contributed by atoms with Crippen molar-refractivity contribution in [3.63, 3.8) is 0 Å². The third-order valence-corrected chi connectivity index (χ3v) is 3.56. The van der Waals surface area contributed by atoms with Gasteiger partial charge in [-0.3, -0.25) is 0 Å². The number of benzene rings is 1. The molecule has 1 aliphatic heterocycles. The molecule has 4 nitrogen and oxygen atoms in total. The lowest BCUT2D eigenvalue weighted by atomic mass is 9.99. The van der Waals surface area contributed by atoms with Gasteiger partial charge in [0.1, 0.15) is 0 Å². The number of nitrogens with zero attached hydrogens (tertiary/aromatic N) is 2. The van der Waals surface area contributed by atoms with Crippen molar-refractivity contribution in [2.45, 2.75) is 6.23 Å². The number of hydrogen-bond acceptors (Lipinski definition) is 4. The Balaban J connectivity index is 2.06.